The van der Waals surface area contributed by atoms with Crippen molar-refractivity contribution in [3.8, 4) is 0 Å². The Morgan fingerprint density at radius 2 is 1.41 bits per heavy atom. The van der Waals surface area contributed by atoms with Crippen LogP contribution in [0.15, 0.2) is 0 Å². The highest BCUT2D eigenvalue weighted by molar-refractivity contribution is 5.74. The van der Waals surface area contributed by atoms with E-state index in [1.54, 1.807) is 0 Å². The van der Waals surface area contributed by atoms with Crippen molar-refractivity contribution in [3.05, 3.63) is 0 Å². The van der Waals surface area contributed by atoms with Crippen molar-refractivity contribution in [2.75, 3.05) is 6.61 Å². The summed E-state index contributed by atoms with van der Waals surface area (Å²) in [5.41, 5.74) is 0. The maximum atomic E-state index is 11.9. The van der Waals surface area contributed by atoms with E-state index in [1.807, 2.05) is 13.8 Å². The van der Waals surface area contributed by atoms with E-state index in [4.69, 9.17) is 0 Å². The molecule has 0 aromatic heterocycles. The summed E-state index contributed by atoms with van der Waals surface area (Å²) in [7, 11) is 0. The molecule has 0 heterocycles. The van der Waals surface area contributed by atoms with Gasteiger partial charge in [0.2, 0.25) is 0 Å². The summed E-state index contributed by atoms with van der Waals surface area (Å²) in [5, 5.41) is 62.1. The first-order valence-electron chi connectivity index (χ1n) is 7.27. The summed E-state index contributed by atoms with van der Waals surface area (Å²) in [6.07, 6.45) is -7.86. The molecule has 8 N–H and O–H groups in total. The molecule has 0 spiro atoms. The van der Waals surface area contributed by atoms with E-state index < -0.39 is 48.6 Å². The van der Waals surface area contributed by atoms with Gasteiger partial charge < -0.3 is 41.3 Å². The maximum Gasteiger partial charge on any atom is 0.315 e. The van der Waals surface area contributed by atoms with E-state index >= 15 is 0 Å². The summed E-state index contributed by atoms with van der Waals surface area (Å²) < 4.78 is 0. The Balaban J connectivity index is 2.65. The molecular weight excluding hydrogens is 296 g/mol. The highest BCUT2D eigenvalue weighted by Crippen LogP contribution is 2.21. The van der Waals surface area contributed by atoms with Gasteiger partial charge >= 0.3 is 6.03 Å². The number of carbonyl (C=O) groups is 1. The third-order valence-corrected chi connectivity index (χ3v) is 3.74. The summed E-state index contributed by atoms with van der Waals surface area (Å²) in [6, 6.07) is -2.62. The predicted molar refractivity (Wildman–Crippen MR) is 75.8 cm³/mol. The standard InChI is InChI=1S/C13H26N2O7/c1-5(2)3-6(4-16)14-13(22)15-7-8(17)10(19)12(21)11(20)9(7)18/h5-12,16-21H,3-4H2,1-2H3,(H2,14,15,22)/t6-,7?,8-,9+,10+,11-,12?/m1/s1. The van der Waals surface area contributed by atoms with Gasteiger partial charge in [-0.05, 0) is 12.3 Å². The molecule has 2 amide bonds. The van der Waals surface area contributed by atoms with Crippen LogP contribution in [-0.4, -0.2) is 85.9 Å². The topological polar surface area (TPSA) is 163 Å². The molecule has 1 fully saturated rings. The summed E-state index contributed by atoms with van der Waals surface area (Å²) in [4.78, 5) is 11.9. The van der Waals surface area contributed by atoms with Gasteiger partial charge in [0.05, 0.1) is 18.7 Å². The lowest BCUT2D eigenvalue weighted by Gasteiger charge is -2.42. The fraction of sp³-hybridized carbons (Fsp3) is 0.923. The molecule has 22 heavy (non-hydrogen) atoms. The van der Waals surface area contributed by atoms with Crippen LogP contribution >= 0.6 is 0 Å². The third kappa shape index (κ3) is 4.51. The Bertz CT molecular complexity index is 352. The number of rotatable bonds is 5. The van der Waals surface area contributed by atoms with Gasteiger partial charge in [-0.25, -0.2) is 4.79 Å². The van der Waals surface area contributed by atoms with E-state index in [0.717, 1.165) is 0 Å². The molecule has 0 aromatic carbocycles. The summed E-state index contributed by atoms with van der Waals surface area (Å²) in [5.74, 6) is 0.238. The average Bonchev–Trinajstić information content (AvgIpc) is 2.46. The van der Waals surface area contributed by atoms with Gasteiger partial charge in [0, 0.05) is 0 Å². The predicted octanol–water partition coefficient (Wildman–Crippen LogP) is -3.12. The molecule has 0 aliphatic heterocycles. The van der Waals surface area contributed by atoms with Crippen LogP contribution in [0.25, 0.3) is 0 Å². The van der Waals surface area contributed by atoms with Crippen molar-refractivity contribution in [1.29, 1.82) is 0 Å². The second-order valence-electron chi connectivity index (χ2n) is 6.11. The maximum absolute atomic E-state index is 11.9. The van der Waals surface area contributed by atoms with E-state index in [1.165, 1.54) is 0 Å². The van der Waals surface area contributed by atoms with Gasteiger partial charge in [0.1, 0.15) is 30.5 Å². The van der Waals surface area contributed by atoms with Crippen molar-refractivity contribution in [3.63, 3.8) is 0 Å². The Labute approximate surface area is 128 Å². The minimum absolute atomic E-state index is 0.238. The van der Waals surface area contributed by atoms with Crippen LogP contribution in [0, 0.1) is 5.92 Å². The second-order valence-corrected chi connectivity index (χ2v) is 6.11. The average molecular weight is 322 g/mol. The van der Waals surface area contributed by atoms with Gasteiger partial charge in [0.25, 0.3) is 0 Å². The van der Waals surface area contributed by atoms with E-state index in [0.29, 0.717) is 6.42 Å². The van der Waals surface area contributed by atoms with Gasteiger partial charge in [-0.2, -0.15) is 0 Å². The zero-order valence-electron chi connectivity index (χ0n) is 12.6. The quantitative estimate of drug-likeness (QED) is 0.265. The van der Waals surface area contributed by atoms with Crippen molar-refractivity contribution in [1.82, 2.24) is 10.6 Å². The van der Waals surface area contributed by atoms with Crippen LogP contribution in [0.4, 0.5) is 4.79 Å². The molecule has 2 unspecified atom stereocenters. The van der Waals surface area contributed by atoms with Crippen LogP contribution in [0.5, 0.6) is 0 Å². The van der Waals surface area contributed by atoms with Crippen molar-refractivity contribution in [2.45, 2.75) is 62.9 Å². The second kappa shape index (κ2) is 8.04. The number of aliphatic hydroxyl groups is 6. The summed E-state index contributed by atoms with van der Waals surface area (Å²) >= 11 is 0. The molecule has 1 rings (SSSR count). The Morgan fingerprint density at radius 3 is 1.82 bits per heavy atom. The molecule has 1 aliphatic carbocycles. The van der Waals surface area contributed by atoms with Crippen LogP contribution in [-0.2, 0) is 0 Å². The molecule has 1 saturated carbocycles. The molecule has 0 bridgehead atoms. The SMILES string of the molecule is CC(C)C[C@H](CO)NC(=O)NC1[C@@H](O)[C@H](O)C(O)[C@H](O)[C@H]1O. The number of urea groups is 1. The normalized spacial score (nSPS) is 37.0. The minimum atomic E-state index is -1.71. The number of hydrogen-bond acceptors (Lipinski definition) is 7. The van der Waals surface area contributed by atoms with E-state index in [2.05, 4.69) is 10.6 Å². The Kier molecular flexibility index (Phi) is 6.98. The highest BCUT2D eigenvalue weighted by atomic mass is 16.4. The number of carbonyl (C=O) groups excluding carboxylic acids is 1. The van der Waals surface area contributed by atoms with Crippen molar-refractivity contribution < 1.29 is 35.4 Å². The van der Waals surface area contributed by atoms with Gasteiger partial charge in [-0.15, -0.1) is 0 Å². The summed E-state index contributed by atoms with van der Waals surface area (Å²) in [6.45, 7) is 3.57. The zero-order valence-corrected chi connectivity index (χ0v) is 12.6. The number of aliphatic hydroxyl groups excluding tert-OH is 6. The monoisotopic (exact) mass is 322 g/mol. The number of nitrogens with one attached hydrogen (secondary N) is 2. The number of amides is 2. The number of hydrogen-bond donors (Lipinski definition) is 8. The molecule has 9 heteroatoms. The molecule has 0 saturated heterocycles. The lowest BCUT2D eigenvalue weighted by atomic mass is 9.83. The first-order valence-corrected chi connectivity index (χ1v) is 7.27. The first kappa shape index (κ1) is 19.1. The van der Waals surface area contributed by atoms with Gasteiger partial charge in [-0.1, -0.05) is 13.8 Å². The smallest absolute Gasteiger partial charge is 0.315 e. The third-order valence-electron chi connectivity index (χ3n) is 3.74. The molecule has 130 valence electrons. The van der Waals surface area contributed by atoms with E-state index in [-0.39, 0.29) is 12.5 Å². The van der Waals surface area contributed by atoms with Crippen LogP contribution in [0.1, 0.15) is 20.3 Å². The Morgan fingerprint density at radius 1 is 0.955 bits per heavy atom. The lowest BCUT2D eigenvalue weighted by molar-refractivity contribution is -0.188. The van der Waals surface area contributed by atoms with E-state index in [9.17, 15) is 35.4 Å². The molecular formula is C13H26N2O7. The van der Waals surface area contributed by atoms with Crippen LogP contribution in [0.2, 0.25) is 0 Å². The molecule has 7 atom stereocenters. The van der Waals surface area contributed by atoms with Crippen LogP contribution < -0.4 is 10.6 Å². The fourth-order valence-electron chi connectivity index (χ4n) is 2.53. The molecule has 0 aromatic rings. The first-order chi connectivity index (χ1) is 10.2. The Hall–Kier alpha value is -0.970. The molecule has 1 aliphatic rings. The van der Waals surface area contributed by atoms with Gasteiger partial charge in [-0.3, -0.25) is 0 Å². The lowest BCUT2D eigenvalue weighted by Crippen LogP contribution is -2.69. The zero-order chi connectivity index (χ0) is 17.0. The van der Waals surface area contributed by atoms with Crippen LogP contribution in [0.3, 0.4) is 0 Å². The highest BCUT2D eigenvalue weighted by Gasteiger charge is 2.48. The molecule has 9 nitrogen and oxygen atoms in total. The molecule has 0 radical (unpaired) electrons. The minimum Gasteiger partial charge on any atom is -0.394 e. The van der Waals surface area contributed by atoms with Crippen molar-refractivity contribution in [2.24, 2.45) is 5.92 Å². The van der Waals surface area contributed by atoms with Gasteiger partial charge in [0.15, 0.2) is 0 Å². The fourth-order valence-corrected chi connectivity index (χ4v) is 2.53. The largest absolute Gasteiger partial charge is 0.394 e. The van der Waals surface area contributed by atoms with Crippen molar-refractivity contribution >= 4 is 6.03 Å².